The van der Waals surface area contributed by atoms with E-state index in [1.54, 1.807) is 28.8 Å². The van der Waals surface area contributed by atoms with Crippen LogP contribution >= 0.6 is 0 Å². The van der Waals surface area contributed by atoms with Crippen molar-refractivity contribution in [3.8, 4) is 11.3 Å². The Bertz CT molecular complexity index is 1270. The van der Waals surface area contributed by atoms with Gasteiger partial charge in [0.15, 0.2) is 0 Å². The van der Waals surface area contributed by atoms with Crippen LogP contribution in [0.5, 0.6) is 0 Å². The summed E-state index contributed by atoms with van der Waals surface area (Å²) in [6.45, 7) is 3.30. The normalized spacial score (nSPS) is 19.1. The molecule has 1 aliphatic rings. The first-order valence-corrected chi connectivity index (χ1v) is 11.8. The van der Waals surface area contributed by atoms with Crippen LogP contribution in [-0.4, -0.2) is 39.6 Å². The van der Waals surface area contributed by atoms with E-state index in [9.17, 15) is 14.7 Å². The van der Waals surface area contributed by atoms with Gasteiger partial charge in [-0.2, -0.15) is 0 Å². The van der Waals surface area contributed by atoms with Crippen LogP contribution in [0.2, 0.25) is 0 Å². The van der Waals surface area contributed by atoms with E-state index in [0.29, 0.717) is 48.1 Å². The average Bonchev–Trinajstić information content (AvgIpc) is 2.85. The SMILES string of the molecule is CCCCC(C1CNCCC1C(=O)O)n1c(=O)c(-c2cccc(C(=N)N)c2)nc2ccccc21. The van der Waals surface area contributed by atoms with Gasteiger partial charge in [-0.3, -0.25) is 15.0 Å². The third kappa shape index (κ3) is 4.59. The molecule has 8 nitrogen and oxygen atoms in total. The lowest BCUT2D eigenvalue weighted by molar-refractivity contribution is -0.145. The molecule has 4 rings (SSSR count). The molecule has 178 valence electrons. The predicted octanol–water partition coefficient (Wildman–Crippen LogP) is 3.39. The predicted molar refractivity (Wildman–Crippen MR) is 133 cm³/mol. The summed E-state index contributed by atoms with van der Waals surface area (Å²) in [4.78, 5) is 30.9. The number of para-hydroxylation sites is 2. The molecule has 3 atom stereocenters. The summed E-state index contributed by atoms with van der Waals surface area (Å²) in [6, 6.07) is 14.2. The molecule has 0 radical (unpaired) electrons. The highest BCUT2D eigenvalue weighted by molar-refractivity contribution is 5.96. The number of benzene rings is 2. The van der Waals surface area contributed by atoms with Crippen molar-refractivity contribution in [2.24, 2.45) is 17.6 Å². The van der Waals surface area contributed by atoms with Gasteiger partial charge in [-0.15, -0.1) is 0 Å². The van der Waals surface area contributed by atoms with Crippen LogP contribution < -0.4 is 16.6 Å². The number of amidine groups is 1. The first-order valence-electron chi connectivity index (χ1n) is 11.8. The second-order valence-corrected chi connectivity index (χ2v) is 8.93. The van der Waals surface area contributed by atoms with Gasteiger partial charge in [0.05, 0.1) is 17.0 Å². The van der Waals surface area contributed by atoms with E-state index < -0.39 is 11.9 Å². The molecule has 1 saturated heterocycles. The van der Waals surface area contributed by atoms with Crippen molar-refractivity contribution < 1.29 is 9.90 Å². The van der Waals surface area contributed by atoms with Crippen LogP contribution in [0.25, 0.3) is 22.3 Å². The molecular weight excluding hydrogens is 430 g/mol. The molecule has 0 amide bonds. The Morgan fingerprint density at radius 2 is 2.09 bits per heavy atom. The highest BCUT2D eigenvalue weighted by Crippen LogP contribution is 2.35. The molecular formula is C26H31N5O3. The molecule has 0 saturated carbocycles. The van der Waals surface area contributed by atoms with Crippen LogP contribution in [0, 0.1) is 17.2 Å². The van der Waals surface area contributed by atoms with E-state index in [1.165, 1.54) is 0 Å². The van der Waals surface area contributed by atoms with Crippen molar-refractivity contribution >= 4 is 22.8 Å². The molecule has 0 bridgehead atoms. The highest BCUT2D eigenvalue weighted by atomic mass is 16.4. The first kappa shape index (κ1) is 23.6. The molecule has 0 aliphatic carbocycles. The Morgan fingerprint density at radius 1 is 1.29 bits per heavy atom. The number of carbonyl (C=O) groups is 1. The fourth-order valence-corrected chi connectivity index (χ4v) is 5.05. The molecule has 3 unspecified atom stereocenters. The van der Waals surface area contributed by atoms with Crippen molar-refractivity contribution in [2.45, 2.75) is 38.6 Å². The number of carboxylic acid groups (broad SMARTS) is 1. The number of aromatic nitrogens is 2. The van der Waals surface area contributed by atoms with Gasteiger partial charge < -0.3 is 20.7 Å². The number of hydrogen-bond acceptors (Lipinski definition) is 5. The molecule has 2 heterocycles. The summed E-state index contributed by atoms with van der Waals surface area (Å²) in [5.41, 5.74) is 8.18. The van der Waals surface area contributed by atoms with E-state index >= 15 is 0 Å². The van der Waals surface area contributed by atoms with Gasteiger partial charge in [0.1, 0.15) is 11.5 Å². The lowest BCUT2D eigenvalue weighted by Crippen LogP contribution is -2.46. The average molecular weight is 462 g/mol. The number of unbranched alkanes of at least 4 members (excludes halogenated alkanes) is 1. The Morgan fingerprint density at radius 3 is 2.82 bits per heavy atom. The molecule has 3 aromatic rings. The molecule has 0 spiro atoms. The summed E-state index contributed by atoms with van der Waals surface area (Å²) in [5.74, 6) is -1.64. The van der Waals surface area contributed by atoms with E-state index in [4.69, 9.17) is 16.1 Å². The lowest BCUT2D eigenvalue weighted by atomic mass is 9.79. The number of fused-ring (bicyclic) bond motifs is 1. The van der Waals surface area contributed by atoms with Crippen molar-refractivity contribution in [2.75, 3.05) is 13.1 Å². The number of carboxylic acids is 1. The van der Waals surface area contributed by atoms with Crippen molar-refractivity contribution in [1.29, 1.82) is 5.41 Å². The summed E-state index contributed by atoms with van der Waals surface area (Å²) < 4.78 is 1.78. The van der Waals surface area contributed by atoms with Crippen LogP contribution in [0.15, 0.2) is 53.3 Å². The number of nitrogens with two attached hydrogens (primary N) is 1. The Labute approximate surface area is 198 Å². The number of nitrogens with zero attached hydrogens (tertiary/aromatic N) is 2. The van der Waals surface area contributed by atoms with E-state index in [1.807, 2.05) is 24.3 Å². The van der Waals surface area contributed by atoms with Gasteiger partial charge in [-0.25, -0.2) is 4.98 Å². The van der Waals surface area contributed by atoms with Gasteiger partial charge in [0.25, 0.3) is 5.56 Å². The summed E-state index contributed by atoms with van der Waals surface area (Å²) in [7, 11) is 0. The molecule has 2 aromatic carbocycles. The number of hydrogen-bond donors (Lipinski definition) is 4. The number of rotatable bonds is 8. The molecule has 1 fully saturated rings. The lowest BCUT2D eigenvalue weighted by Gasteiger charge is -2.37. The minimum Gasteiger partial charge on any atom is -0.481 e. The van der Waals surface area contributed by atoms with E-state index in [2.05, 4.69) is 12.2 Å². The summed E-state index contributed by atoms with van der Waals surface area (Å²) in [6.07, 6.45) is 3.06. The zero-order valence-electron chi connectivity index (χ0n) is 19.3. The summed E-state index contributed by atoms with van der Waals surface area (Å²) in [5, 5.41) is 21.1. The Kier molecular flexibility index (Phi) is 7.07. The van der Waals surface area contributed by atoms with Gasteiger partial charge in [0, 0.05) is 29.6 Å². The van der Waals surface area contributed by atoms with E-state index in [0.717, 1.165) is 12.8 Å². The molecule has 34 heavy (non-hydrogen) atoms. The van der Waals surface area contributed by atoms with Crippen LogP contribution in [-0.2, 0) is 4.79 Å². The molecule has 1 aliphatic heterocycles. The molecule has 8 heteroatoms. The molecule has 1 aromatic heterocycles. The quantitative estimate of drug-likeness (QED) is 0.300. The number of piperidine rings is 1. The topological polar surface area (TPSA) is 134 Å². The largest absolute Gasteiger partial charge is 0.481 e. The van der Waals surface area contributed by atoms with Gasteiger partial charge in [-0.1, -0.05) is 50.1 Å². The van der Waals surface area contributed by atoms with Crippen LogP contribution in [0.4, 0.5) is 0 Å². The Hall–Kier alpha value is -3.52. The number of aliphatic carboxylic acids is 1. The van der Waals surface area contributed by atoms with Crippen molar-refractivity contribution in [1.82, 2.24) is 14.9 Å². The standard InChI is InChI=1S/C26H31N5O3/c1-2-3-10-21(19-15-29-13-12-18(19)26(33)34)31-22-11-5-4-9-20(22)30-23(25(31)32)16-7-6-8-17(14-16)24(27)28/h4-9,11,14,18-19,21,29H,2-3,10,12-13,15H2,1H3,(H3,27,28)(H,33,34). The van der Waals surface area contributed by atoms with Crippen LogP contribution in [0.1, 0.15) is 44.2 Å². The maximum atomic E-state index is 14.0. The fourth-order valence-electron chi connectivity index (χ4n) is 5.05. The number of nitrogens with one attached hydrogen (secondary N) is 2. The molecule has 5 N–H and O–H groups in total. The first-order chi connectivity index (χ1) is 16.4. The van der Waals surface area contributed by atoms with Gasteiger partial charge >= 0.3 is 5.97 Å². The monoisotopic (exact) mass is 461 g/mol. The summed E-state index contributed by atoms with van der Waals surface area (Å²) >= 11 is 0. The maximum Gasteiger partial charge on any atom is 0.306 e. The second kappa shape index (κ2) is 10.2. The van der Waals surface area contributed by atoms with Gasteiger partial charge in [0.2, 0.25) is 0 Å². The van der Waals surface area contributed by atoms with Crippen LogP contribution in [0.3, 0.4) is 0 Å². The minimum atomic E-state index is -0.811. The van der Waals surface area contributed by atoms with Crippen molar-refractivity contribution in [3.05, 3.63) is 64.4 Å². The highest BCUT2D eigenvalue weighted by Gasteiger charge is 2.38. The fraction of sp³-hybridized carbons (Fsp3) is 0.385. The Balaban J connectivity index is 1.96. The number of nitrogen functional groups attached to an aromatic ring is 1. The third-order valence-corrected chi connectivity index (χ3v) is 6.77. The van der Waals surface area contributed by atoms with E-state index in [-0.39, 0.29) is 29.0 Å². The van der Waals surface area contributed by atoms with Gasteiger partial charge in [-0.05, 0) is 37.6 Å². The smallest absolute Gasteiger partial charge is 0.306 e. The maximum absolute atomic E-state index is 14.0. The second-order valence-electron chi connectivity index (χ2n) is 8.93. The minimum absolute atomic E-state index is 0.0821. The zero-order chi connectivity index (χ0) is 24.2. The van der Waals surface area contributed by atoms with Crippen molar-refractivity contribution in [3.63, 3.8) is 0 Å². The zero-order valence-corrected chi connectivity index (χ0v) is 19.3. The third-order valence-electron chi connectivity index (χ3n) is 6.77.